The Hall–Kier alpha value is -1.87. The molecule has 3 N–H and O–H groups in total. The van der Waals surface area contributed by atoms with Crippen LogP contribution in [-0.2, 0) is 4.79 Å². The Balaban J connectivity index is 1.75. The van der Waals surface area contributed by atoms with Crippen molar-refractivity contribution >= 4 is 68.3 Å². The number of carbonyl (C=O) groups excluding carboxylic acids is 2. The number of nitrogens with one attached hydrogen (secondary N) is 3. The van der Waals surface area contributed by atoms with Crippen LogP contribution in [0.1, 0.15) is 10.4 Å². The fraction of sp³-hybridized carbons (Fsp3) is 0.0625. The van der Waals surface area contributed by atoms with Gasteiger partial charge in [0.1, 0.15) is 5.75 Å². The van der Waals surface area contributed by atoms with Gasteiger partial charge in [0.15, 0.2) is 11.7 Å². The van der Waals surface area contributed by atoms with E-state index in [4.69, 9.17) is 40.2 Å². The first-order valence-electron chi connectivity index (χ1n) is 7.09. The largest absolute Gasteiger partial charge is 0.482 e. The molecular formula is C16H12BrCl2N3O3S. The van der Waals surface area contributed by atoms with Gasteiger partial charge in [-0.25, -0.2) is 0 Å². The predicted octanol–water partition coefficient (Wildman–Crippen LogP) is 3.47. The van der Waals surface area contributed by atoms with Crippen LogP contribution in [0.15, 0.2) is 46.9 Å². The summed E-state index contributed by atoms with van der Waals surface area (Å²) in [5, 5.41) is 3.17. The first kappa shape index (κ1) is 20.4. The number of benzene rings is 2. The SMILES string of the molecule is O=C(COc1ccc(Br)cc1Cl)NC(=S)NNC(=O)c1ccc(Cl)cc1. The number of halogens is 3. The highest BCUT2D eigenvalue weighted by Gasteiger charge is 2.10. The van der Waals surface area contributed by atoms with Crippen LogP contribution in [0.25, 0.3) is 0 Å². The maximum Gasteiger partial charge on any atom is 0.269 e. The topological polar surface area (TPSA) is 79.5 Å². The van der Waals surface area contributed by atoms with E-state index in [0.29, 0.717) is 21.4 Å². The van der Waals surface area contributed by atoms with Crippen molar-refractivity contribution in [3.05, 3.63) is 62.5 Å². The van der Waals surface area contributed by atoms with E-state index in [1.165, 1.54) is 0 Å². The minimum atomic E-state index is -0.512. The van der Waals surface area contributed by atoms with E-state index in [-0.39, 0.29) is 11.7 Å². The van der Waals surface area contributed by atoms with Crippen molar-refractivity contribution in [1.82, 2.24) is 16.2 Å². The Morgan fingerprint density at radius 1 is 1.08 bits per heavy atom. The third-order valence-corrected chi connectivity index (χ3v) is 4.15. The van der Waals surface area contributed by atoms with E-state index in [1.54, 1.807) is 42.5 Å². The number of carbonyl (C=O) groups is 2. The third kappa shape index (κ3) is 6.45. The van der Waals surface area contributed by atoms with Crippen molar-refractivity contribution in [2.75, 3.05) is 6.61 Å². The van der Waals surface area contributed by atoms with Crippen molar-refractivity contribution in [3.8, 4) is 5.75 Å². The van der Waals surface area contributed by atoms with Gasteiger partial charge >= 0.3 is 0 Å². The maximum absolute atomic E-state index is 11.9. The second-order valence-electron chi connectivity index (χ2n) is 4.83. The molecular weight excluding hydrogens is 465 g/mol. The Bertz CT molecular complexity index is 834. The van der Waals surface area contributed by atoms with Gasteiger partial charge in [0, 0.05) is 15.1 Å². The molecule has 0 atom stereocenters. The monoisotopic (exact) mass is 475 g/mol. The normalized spacial score (nSPS) is 9.96. The standard InChI is InChI=1S/C16H12BrCl2N3O3S/c17-10-3-6-13(12(19)7-10)25-8-14(23)20-16(26)22-21-15(24)9-1-4-11(18)5-2-9/h1-7H,8H2,(H,21,24)(H2,20,22,23,26). The molecule has 2 amide bonds. The molecule has 136 valence electrons. The smallest absolute Gasteiger partial charge is 0.269 e. The summed E-state index contributed by atoms with van der Waals surface area (Å²) in [4.78, 5) is 23.7. The lowest BCUT2D eigenvalue weighted by Crippen LogP contribution is -2.49. The molecule has 0 fully saturated rings. The fourth-order valence-corrected chi connectivity index (χ4v) is 2.74. The van der Waals surface area contributed by atoms with E-state index in [2.05, 4.69) is 32.1 Å². The molecule has 0 aromatic heterocycles. The molecule has 0 heterocycles. The Labute approximate surface area is 173 Å². The van der Waals surface area contributed by atoms with Crippen LogP contribution >= 0.6 is 51.3 Å². The molecule has 0 aliphatic carbocycles. The molecule has 0 saturated carbocycles. The zero-order chi connectivity index (χ0) is 19.1. The number of hydrazine groups is 1. The van der Waals surface area contributed by atoms with Gasteiger partial charge in [0.2, 0.25) is 0 Å². The van der Waals surface area contributed by atoms with Gasteiger partial charge in [-0.15, -0.1) is 0 Å². The molecule has 0 aliphatic rings. The van der Waals surface area contributed by atoms with E-state index >= 15 is 0 Å². The summed E-state index contributed by atoms with van der Waals surface area (Å²) in [7, 11) is 0. The molecule has 0 unspecified atom stereocenters. The Morgan fingerprint density at radius 3 is 2.42 bits per heavy atom. The highest BCUT2D eigenvalue weighted by molar-refractivity contribution is 9.10. The van der Waals surface area contributed by atoms with Crippen LogP contribution in [0.2, 0.25) is 10.0 Å². The quantitative estimate of drug-likeness (QED) is 0.465. The number of amides is 2. The van der Waals surface area contributed by atoms with Crippen LogP contribution < -0.4 is 20.9 Å². The maximum atomic E-state index is 11.9. The average Bonchev–Trinajstić information content (AvgIpc) is 2.59. The molecule has 26 heavy (non-hydrogen) atoms. The fourth-order valence-electron chi connectivity index (χ4n) is 1.72. The second-order valence-corrected chi connectivity index (χ2v) is 6.99. The van der Waals surface area contributed by atoms with Crippen LogP contribution in [0.4, 0.5) is 0 Å². The van der Waals surface area contributed by atoms with Crippen molar-refractivity contribution in [1.29, 1.82) is 0 Å². The molecule has 2 rings (SSSR count). The number of hydrogen-bond acceptors (Lipinski definition) is 4. The second kappa shape index (κ2) is 9.72. The lowest BCUT2D eigenvalue weighted by molar-refractivity contribution is -0.121. The first-order valence-corrected chi connectivity index (χ1v) is 9.04. The van der Waals surface area contributed by atoms with Crippen molar-refractivity contribution < 1.29 is 14.3 Å². The molecule has 0 aliphatic heterocycles. The van der Waals surface area contributed by atoms with Gasteiger partial charge in [-0.3, -0.25) is 25.8 Å². The first-order chi connectivity index (χ1) is 12.3. The molecule has 2 aromatic carbocycles. The van der Waals surface area contributed by atoms with Crippen LogP contribution in [-0.4, -0.2) is 23.5 Å². The van der Waals surface area contributed by atoms with Gasteiger partial charge in [0.25, 0.3) is 11.8 Å². The third-order valence-electron chi connectivity index (χ3n) is 2.90. The van der Waals surface area contributed by atoms with Crippen LogP contribution in [0.5, 0.6) is 5.75 Å². The Morgan fingerprint density at radius 2 is 1.77 bits per heavy atom. The van der Waals surface area contributed by atoms with Crippen LogP contribution in [0.3, 0.4) is 0 Å². The summed E-state index contributed by atoms with van der Waals surface area (Å²) >= 11 is 19.9. The van der Waals surface area contributed by atoms with E-state index in [9.17, 15) is 9.59 Å². The number of hydrogen-bond donors (Lipinski definition) is 3. The summed E-state index contributed by atoms with van der Waals surface area (Å²) in [5.74, 6) is -0.585. The van der Waals surface area contributed by atoms with Gasteiger partial charge in [-0.05, 0) is 54.7 Å². The molecule has 6 nitrogen and oxygen atoms in total. The van der Waals surface area contributed by atoms with Gasteiger partial charge in [-0.1, -0.05) is 39.1 Å². The van der Waals surface area contributed by atoms with Gasteiger partial charge in [-0.2, -0.15) is 0 Å². The van der Waals surface area contributed by atoms with Crippen molar-refractivity contribution in [2.24, 2.45) is 0 Å². The van der Waals surface area contributed by atoms with Gasteiger partial charge in [0.05, 0.1) is 5.02 Å². The zero-order valence-electron chi connectivity index (χ0n) is 13.0. The zero-order valence-corrected chi connectivity index (χ0v) is 16.9. The predicted molar refractivity (Wildman–Crippen MR) is 107 cm³/mol. The Kier molecular flexibility index (Phi) is 7.65. The van der Waals surface area contributed by atoms with Gasteiger partial charge < -0.3 is 4.74 Å². The number of ether oxygens (including phenoxy) is 1. The summed E-state index contributed by atoms with van der Waals surface area (Å²) in [5.41, 5.74) is 5.16. The minimum Gasteiger partial charge on any atom is -0.482 e. The average molecular weight is 477 g/mol. The van der Waals surface area contributed by atoms with E-state index < -0.39 is 11.8 Å². The van der Waals surface area contributed by atoms with E-state index in [1.807, 2.05) is 0 Å². The highest BCUT2D eigenvalue weighted by Crippen LogP contribution is 2.27. The van der Waals surface area contributed by atoms with Crippen molar-refractivity contribution in [2.45, 2.75) is 0 Å². The minimum absolute atomic E-state index is 0.0807. The lowest BCUT2D eigenvalue weighted by atomic mass is 10.2. The molecule has 0 bridgehead atoms. The summed E-state index contributed by atoms with van der Waals surface area (Å²) in [6.45, 7) is -0.297. The highest BCUT2D eigenvalue weighted by atomic mass is 79.9. The lowest BCUT2D eigenvalue weighted by Gasteiger charge is -2.12. The molecule has 0 saturated heterocycles. The van der Waals surface area contributed by atoms with Crippen molar-refractivity contribution in [3.63, 3.8) is 0 Å². The van der Waals surface area contributed by atoms with Crippen LogP contribution in [0, 0.1) is 0 Å². The number of thiocarbonyl (C=S) groups is 1. The molecule has 0 spiro atoms. The molecule has 10 heteroatoms. The summed E-state index contributed by atoms with van der Waals surface area (Å²) in [6.07, 6.45) is 0. The molecule has 2 aromatic rings. The van der Waals surface area contributed by atoms with E-state index in [0.717, 1.165) is 4.47 Å². The summed E-state index contributed by atoms with van der Waals surface area (Å²) < 4.78 is 6.10. The number of rotatable bonds is 4. The summed E-state index contributed by atoms with van der Waals surface area (Å²) in [6, 6.07) is 11.3. The molecule has 0 radical (unpaired) electrons.